The molecule has 0 unspecified atom stereocenters. The first kappa shape index (κ1) is 19.0. The SMILES string of the molecule is CCCCn1nc(-c2cc(C(=O)O)ccc2OC)cc1-c1ccc(Cl)cc1. The van der Waals surface area contributed by atoms with Crippen molar-refractivity contribution in [3.8, 4) is 28.3 Å². The van der Waals surface area contributed by atoms with Gasteiger partial charge in [-0.05, 0) is 48.4 Å². The molecule has 1 heterocycles. The zero-order valence-corrected chi connectivity index (χ0v) is 16.0. The molecule has 3 aromatic rings. The molecular weight excluding hydrogens is 364 g/mol. The van der Waals surface area contributed by atoms with Crippen LogP contribution in [0.2, 0.25) is 5.02 Å². The predicted molar refractivity (Wildman–Crippen MR) is 107 cm³/mol. The maximum Gasteiger partial charge on any atom is 0.335 e. The number of carboxylic acid groups (broad SMARTS) is 1. The van der Waals surface area contributed by atoms with Crippen molar-refractivity contribution < 1.29 is 14.6 Å². The van der Waals surface area contributed by atoms with Gasteiger partial charge in [0.15, 0.2) is 0 Å². The van der Waals surface area contributed by atoms with Crippen molar-refractivity contribution in [3.63, 3.8) is 0 Å². The van der Waals surface area contributed by atoms with E-state index >= 15 is 0 Å². The van der Waals surface area contributed by atoms with Gasteiger partial charge < -0.3 is 9.84 Å². The number of aryl methyl sites for hydroxylation is 1. The summed E-state index contributed by atoms with van der Waals surface area (Å²) in [6, 6.07) is 14.3. The molecule has 5 nitrogen and oxygen atoms in total. The second kappa shape index (κ2) is 8.27. The lowest BCUT2D eigenvalue weighted by Gasteiger charge is -2.07. The normalized spacial score (nSPS) is 10.8. The van der Waals surface area contributed by atoms with Gasteiger partial charge in [0.2, 0.25) is 0 Å². The van der Waals surface area contributed by atoms with Crippen LogP contribution in [0.25, 0.3) is 22.5 Å². The highest BCUT2D eigenvalue weighted by Crippen LogP contribution is 2.33. The minimum atomic E-state index is -0.984. The highest BCUT2D eigenvalue weighted by Gasteiger charge is 2.16. The highest BCUT2D eigenvalue weighted by atomic mass is 35.5. The molecule has 140 valence electrons. The number of unbranched alkanes of at least 4 members (excludes halogenated alkanes) is 1. The van der Waals surface area contributed by atoms with Gasteiger partial charge in [-0.2, -0.15) is 5.10 Å². The van der Waals surface area contributed by atoms with Gasteiger partial charge in [0, 0.05) is 17.1 Å². The number of nitrogens with zero attached hydrogens (tertiary/aromatic N) is 2. The number of benzene rings is 2. The molecule has 2 aromatic carbocycles. The number of ether oxygens (including phenoxy) is 1. The van der Waals surface area contributed by atoms with E-state index in [-0.39, 0.29) is 5.56 Å². The molecular formula is C21H21ClN2O3. The van der Waals surface area contributed by atoms with Crippen molar-refractivity contribution in [2.45, 2.75) is 26.3 Å². The van der Waals surface area contributed by atoms with E-state index in [1.807, 2.05) is 35.0 Å². The fourth-order valence-electron chi connectivity index (χ4n) is 2.92. The third-order valence-corrected chi connectivity index (χ3v) is 4.62. The number of aromatic nitrogens is 2. The van der Waals surface area contributed by atoms with Crippen molar-refractivity contribution in [1.82, 2.24) is 9.78 Å². The molecule has 1 N–H and O–H groups in total. The van der Waals surface area contributed by atoms with Crippen LogP contribution in [-0.4, -0.2) is 28.0 Å². The summed E-state index contributed by atoms with van der Waals surface area (Å²) >= 11 is 6.02. The Morgan fingerprint density at radius 3 is 2.56 bits per heavy atom. The van der Waals surface area contributed by atoms with E-state index in [1.165, 1.54) is 6.07 Å². The number of methoxy groups -OCH3 is 1. The van der Waals surface area contributed by atoms with Gasteiger partial charge in [0.25, 0.3) is 0 Å². The van der Waals surface area contributed by atoms with Crippen LogP contribution < -0.4 is 4.74 Å². The number of rotatable bonds is 7. The summed E-state index contributed by atoms with van der Waals surface area (Å²) in [6.45, 7) is 2.90. The fourth-order valence-corrected chi connectivity index (χ4v) is 3.05. The van der Waals surface area contributed by atoms with Gasteiger partial charge in [-0.15, -0.1) is 0 Å². The van der Waals surface area contributed by atoms with Crippen LogP contribution in [0.3, 0.4) is 0 Å². The number of carbonyl (C=O) groups is 1. The van der Waals surface area contributed by atoms with Crippen molar-refractivity contribution in [2.24, 2.45) is 0 Å². The molecule has 0 aliphatic carbocycles. The summed E-state index contributed by atoms with van der Waals surface area (Å²) in [5.41, 5.74) is 3.49. The van der Waals surface area contributed by atoms with Crippen LogP contribution in [0.15, 0.2) is 48.5 Å². The lowest BCUT2D eigenvalue weighted by molar-refractivity contribution is 0.0697. The number of carboxylic acids is 1. The highest BCUT2D eigenvalue weighted by molar-refractivity contribution is 6.30. The summed E-state index contributed by atoms with van der Waals surface area (Å²) in [4.78, 5) is 11.4. The monoisotopic (exact) mass is 384 g/mol. The van der Waals surface area contributed by atoms with Gasteiger partial charge in [-0.25, -0.2) is 4.79 Å². The molecule has 3 rings (SSSR count). The minimum Gasteiger partial charge on any atom is -0.496 e. The Bertz CT molecular complexity index is 949. The summed E-state index contributed by atoms with van der Waals surface area (Å²) in [6.07, 6.45) is 2.04. The standard InChI is InChI=1S/C21H21ClN2O3/c1-3-4-11-24-19(14-5-8-16(22)9-6-14)13-18(23-24)17-12-15(21(25)26)7-10-20(17)27-2/h5-10,12-13H,3-4,11H2,1-2H3,(H,25,26). The smallest absolute Gasteiger partial charge is 0.335 e. The fraction of sp³-hybridized carbons (Fsp3) is 0.238. The average molecular weight is 385 g/mol. The second-order valence-corrected chi connectivity index (χ2v) is 6.66. The number of hydrogen-bond acceptors (Lipinski definition) is 3. The van der Waals surface area contributed by atoms with Crippen LogP contribution in [0.5, 0.6) is 5.75 Å². The maximum atomic E-state index is 11.4. The van der Waals surface area contributed by atoms with Crippen LogP contribution in [0, 0.1) is 0 Å². The first-order chi connectivity index (χ1) is 13.0. The summed E-state index contributed by atoms with van der Waals surface area (Å²) in [5, 5.41) is 14.7. The van der Waals surface area contributed by atoms with E-state index in [9.17, 15) is 9.90 Å². The van der Waals surface area contributed by atoms with Crippen molar-refractivity contribution in [3.05, 3.63) is 59.1 Å². The van der Waals surface area contributed by atoms with Gasteiger partial charge in [-0.3, -0.25) is 4.68 Å². The first-order valence-corrected chi connectivity index (χ1v) is 9.16. The third-order valence-electron chi connectivity index (χ3n) is 4.37. The molecule has 6 heteroatoms. The molecule has 27 heavy (non-hydrogen) atoms. The van der Waals surface area contributed by atoms with Gasteiger partial charge in [0.1, 0.15) is 5.75 Å². The molecule has 0 bridgehead atoms. The zero-order valence-electron chi connectivity index (χ0n) is 15.3. The quantitative estimate of drug-likeness (QED) is 0.594. The Hall–Kier alpha value is -2.79. The Balaban J connectivity index is 2.12. The van der Waals surface area contributed by atoms with E-state index in [4.69, 9.17) is 21.4 Å². The Labute approximate surface area is 163 Å². The molecule has 0 fully saturated rings. The van der Waals surface area contributed by atoms with E-state index < -0.39 is 5.97 Å². The van der Waals surface area contributed by atoms with Crippen LogP contribution in [-0.2, 0) is 6.54 Å². The van der Waals surface area contributed by atoms with E-state index in [2.05, 4.69) is 6.92 Å². The predicted octanol–water partition coefficient (Wildman–Crippen LogP) is 5.38. The van der Waals surface area contributed by atoms with Crippen LogP contribution in [0.1, 0.15) is 30.1 Å². The van der Waals surface area contributed by atoms with Crippen LogP contribution >= 0.6 is 11.6 Å². The van der Waals surface area contributed by atoms with Gasteiger partial charge in [-0.1, -0.05) is 37.1 Å². The Morgan fingerprint density at radius 1 is 1.19 bits per heavy atom. The van der Waals surface area contributed by atoms with Crippen molar-refractivity contribution in [1.29, 1.82) is 0 Å². The van der Waals surface area contributed by atoms with Gasteiger partial charge in [0.05, 0.1) is 24.1 Å². The largest absolute Gasteiger partial charge is 0.496 e. The second-order valence-electron chi connectivity index (χ2n) is 6.22. The molecule has 0 saturated carbocycles. The molecule has 0 saturated heterocycles. The zero-order chi connectivity index (χ0) is 19.4. The Kier molecular flexibility index (Phi) is 5.81. The lowest BCUT2D eigenvalue weighted by atomic mass is 10.1. The van der Waals surface area contributed by atoms with Crippen molar-refractivity contribution in [2.75, 3.05) is 7.11 Å². The van der Waals surface area contributed by atoms with Crippen LogP contribution in [0.4, 0.5) is 0 Å². The summed E-state index contributed by atoms with van der Waals surface area (Å²) in [7, 11) is 1.56. The molecule has 0 amide bonds. The number of aromatic carboxylic acids is 1. The summed E-state index contributed by atoms with van der Waals surface area (Å²) < 4.78 is 7.38. The van der Waals surface area contributed by atoms with Gasteiger partial charge >= 0.3 is 5.97 Å². The maximum absolute atomic E-state index is 11.4. The number of hydrogen-bond donors (Lipinski definition) is 1. The van der Waals surface area contributed by atoms with E-state index in [0.29, 0.717) is 22.0 Å². The molecule has 0 radical (unpaired) electrons. The molecule has 0 aliphatic heterocycles. The van der Waals surface area contributed by atoms with Crippen molar-refractivity contribution >= 4 is 17.6 Å². The molecule has 0 spiro atoms. The molecule has 0 atom stereocenters. The number of halogens is 1. The lowest BCUT2D eigenvalue weighted by Crippen LogP contribution is -2.02. The van der Waals surface area contributed by atoms with E-state index in [1.54, 1.807) is 19.2 Å². The first-order valence-electron chi connectivity index (χ1n) is 8.79. The van der Waals surface area contributed by atoms with E-state index in [0.717, 1.165) is 30.6 Å². The average Bonchev–Trinajstić information content (AvgIpc) is 3.10. The minimum absolute atomic E-state index is 0.196. The third kappa shape index (κ3) is 4.14. The summed E-state index contributed by atoms with van der Waals surface area (Å²) in [5.74, 6) is -0.398. The molecule has 1 aromatic heterocycles. The topological polar surface area (TPSA) is 64.4 Å². The Morgan fingerprint density at radius 2 is 1.93 bits per heavy atom. The molecule has 0 aliphatic rings.